The van der Waals surface area contributed by atoms with Gasteiger partial charge in [0, 0.05) is 16.6 Å². The fraction of sp³-hybridized carbons (Fsp3) is 0.167. The van der Waals surface area contributed by atoms with Crippen LogP contribution in [0.5, 0.6) is 11.5 Å². The van der Waals surface area contributed by atoms with Crippen molar-refractivity contribution in [2.45, 2.75) is 13.5 Å². The number of rotatable bonds is 8. The van der Waals surface area contributed by atoms with Crippen LogP contribution < -0.4 is 25.6 Å². The molecule has 8 heteroatoms. The summed E-state index contributed by atoms with van der Waals surface area (Å²) in [4.78, 5) is 25.6. The van der Waals surface area contributed by atoms with Crippen LogP contribution >= 0.6 is 15.9 Å². The minimum Gasteiger partial charge on any atom is -0.493 e. The highest BCUT2D eigenvalue weighted by Gasteiger charge is 2.16. The third kappa shape index (κ3) is 5.87. The van der Waals surface area contributed by atoms with Crippen LogP contribution in [-0.4, -0.2) is 26.0 Å². The number of benzene rings is 3. The summed E-state index contributed by atoms with van der Waals surface area (Å²) in [5.74, 6) is 0.206. The number of ether oxygens (including phenoxy) is 2. The van der Waals surface area contributed by atoms with Gasteiger partial charge in [-0.3, -0.25) is 15.0 Å². The van der Waals surface area contributed by atoms with Crippen LogP contribution in [0.4, 0.5) is 5.69 Å². The normalized spacial score (nSPS) is 10.4. The van der Waals surface area contributed by atoms with Crippen LogP contribution in [0.1, 0.15) is 31.8 Å². The Labute approximate surface area is 195 Å². The molecule has 0 aliphatic rings. The van der Waals surface area contributed by atoms with Crippen LogP contribution in [0, 0.1) is 6.92 Å². The molecule has 3 rings (SSSR count). The largest absolute Gasteiger partial charge is 0.493 e. The van der Waals surface area contributed by atoms with E-state index in [9.17, 15) is 9.59 Å². The number of anilines is 1. The number of carbonyl (C=O) groups is 2. The molecule has 0 radical (unpaired) electrons. The average Bonchev–Trinajstić information content (AvgIpc) is 2.80. The Morgan fingerprint density at radius 2 is 1.59 bits per heavy atom. The van der Waals surface area contributed by atoms with Crippen molar-refractivity contribution in [2.75, 3.05) is 19.5 Å². The monoisotopic (exact) mass is 497 g/mol. The molecule has 0 aliphatic heterocycles. The quantitative estimate of drug-likeness (QED) is 0.399. The van der Waals surface area contributed by atoms with Gasteiger partial charge in [-0.05, 0) is 48.9 Å². The van der Waals surface area contributed by atoms with E-state index in [0.29, 0.717) is 39.3 Å². The summed E-state index contributed by atoms with van der Waals surface area (Å²) in [5.41, 5.74) is 8.86. The summed E-state index contributed by atoms with van der Waals surface area (Å²) in [6, 6.07) is 17.9. The lowest BCUT2D eigenvalue weighted by Gasteiger charge is -2.14. The van der Waals surface area contributed by atoms with E-state index < -0.39 is 0 Å². The van der Waals surface area contributed by atoms with Gasteiger partial charge in [0.05, 0.1) is 25.5 Å². The van der Waals surface area contributed by atoms with Gasteiger partial charge in [0.25, 0.3) is 11.8 Å². The second-order valence-corrected chi connectivity index (χ2v) is 7.92. The van der Waals surface area contributed by atoms with Crippen molar-refractivity contribution in [3.63, 3.8) is 0 Å². The van der Waals surface area contributed by atoms with Gasteiger partial charge in [0.1, 0.15) is 0 Å². The molecule has 0 fully saturated rings. The van der Waals surface area contributed by atoms with Crippen molar-refractivity contribution in [3.8, 4) is 11.5 Å². The predicted octanol–water partition coefficient (Wildman–Crippen LogP) is 4.46. The van der Waals surface area contributed by atoms with Crippen molar-refractivity contribution in [2.24, 2.45) is 0 Å². The zero-order chi connectivity index (χ0) is 23.1. The van der Waals surface area contributed by atoms with E-state index in [-0.39, 0.29) is 11.8 Å². The predicted molar refractivity (Wildman–Crippen MR) is 127 cm³/mol. The Hall–Kier alpha value is -3.36. The molecule has 0 bridgehead atoms. The molecule has 32 heavy (non-hydrogen) atoms. The van der Waals surface area contributed by atoms with E-state index in [0.717, 1.165) is 5.56 Å². The zero-order valence-electron chi connectivity index (χ0n) is 18.0. The average molecular weight is 498 g/mol. The van der Waals surface area contributed by atoms with Gasteiger partial charge < -0.3 is 14.8 Å². The SMILES string of the molecule is COc1ccc(C(=O)Nc2ccc(Br)cc2C(=O)NNCc2ccc(C)cc2)cc1OC. The molecule has 166 valence electrons. The molecule has 0 unspecified atom stereocenters. The molecule has 3 aromatic carbocycles. The second-order valence-electron chi connectivity index (χ2n) is 7.01. The first-order valence-electron chi connectivity index (χ1n) is 9.83. The van der Waals surface area contributed by atoms with E-state index in [1.54, 1.807) is 36.4 Å². The fourth-order valence-electron chi connectivity index (χ4n) is 2.99. The number of carbonyl (C=O) groups excluding carboxylic acids is 2. The van der Waals surface area contributed by atoms with Crippen LogP contribution in [0.25, 0.3) is 0 Å². The lowest BCUT2D eigenvalue weighted by Crippen LogP contribution is -2.37. The first-order chi connectivity index (χ1) is 15.4. The summed E-state index contributed by atoms with van der Waals surface area (Å²) in [6.45, 7) is 2.48. The lowest BCUT2D eigenvalue weighted by atomic mass is 10.1. The van der Waals surface area contributed by atoms with Gasteiger partial charge in [-0.15, -0.1) is 0 Å². The van der Waals surface area contributed by atoms with Crippen molar-refractivity contribution in [3.05, 3.63) is 87.4 Å². The summed E-state index contributed by atoms with van der Waals surface area (Å²) in [6.07, 6.45) is 0. The van der Waals surface area contributed by atoms with Crippen LogP contribution in [-0.2, 0) is 6.54 Å². The van der Waals surface area contributed by atoms with Crippen LogP contribution in [0.2, 0.25) is 0 Å². The Balaban J connectivity index is 1.72. The molecule has 2 amide bonds. The molecule has 7 nitrogen and oxygen atoms in total. The third-order valence-electron chi connectivity index (χ3n) is 4.74. The van der Waals surface area contributed by atoms with E-state index in [1.807, 2.05) is 31.2 Å². The molecular formula is C24H24BrN3O4. The number of amides is 2. The number of hydrogen-bond donors (Lipinski definition) is 3. The maximum Gasteiger partial charge on any atom is 0.267 e. The van der Waals surface area contributed by atoms with Crippen molar-refractivity contribution < 1.29 is 19.1 Å². The number of nitrogens with one attached hydrogen (secondary N) is 3. The third-order valence-corrected chi connectivity index (χ3v) is 5.23. The Kier molecular flexibility index (Phi) is 7.86. The number of methoxy groups -OCH3 is 2. The van der Waals surface area contributed by atoms with Crippen molar-refractivity contribution >= 4 is 33.4 Å². The summed E-state index contributed by atoms with van der Waals surface area (Å²) < 4.78 is 11.2. The molecule has 0 saturated heterocycles. The van der Waals surface area contributed by atoms with Gasteiger partial charge in [-0.2, -0.15) is 0 Å². The molecule has 0 atom stereocenters. The van der Waals surface area contributed by atoms with Crippen molar-refractivity contribution in [1.82, 2.24) is 10.9 Å². The maximum atomic E-state index is 12.8. The zero-order valence-corrected chi connectivity index (χ0v) is 19.6. The topological polar surface area (TPSA) is 88.7 Å². The van der Waals surface area contributed by atoms with Crippen LogP contribution in [0.3, 0.4) is 0 Å². The van der Waals surface area contributed by atoms with Gasteiger partial charge in [0.15, 0.2) is 11.5 Å². The maximum absolute atomic E-state index is 12.8. The number of hydrazine groups is 1. The smallest absolute Gasteiger partial charge is 0.267 e. The van der Waals surface area contributed by atoms with E-state index >= 15 is 0 Å². The molecule has 0 heterocycles. The minimum absolute atomic E-state index is 0.310. The number of halogens is 1. The molecule has 0 saturated carbocycles. The summed E-state index contributed by atoms with van der Waals surface area (Å²) in [7, 11) is 3.03. The Morgan fingerprint density at radius 1 is 0.875 bits per heavy atom. The van der Waals surface area contributed by atoms with Gasteiger partial charge >= 0.3 is 0 Å². The molecule has 0 spiro atoms. The number of hydrogen-bond acceptors (Lipinski definition) is 5. The molecule has 3 aromatic rings. The highest BCUT2D eigenvalue weighted by Crippen LogP contribution is 2.28. The standard InChI is InChI=1S/C24H24BrN3O4/c1-15-4-6-16(7-5-15)14-26-28-24(30)19-13-18(25)9-10-20(19)27-23(29)17-8-11-21(31-2)22(12-17)32-3/h4-13,26H,14H2,1-3H3,(H,27,29)(H,28,30). The van der Waals surface area contributed by atoms with Gasteiger partial charge in [-0.25, -0.2) is 5.43 Å². The minimum atomic E-state index is -0.380. The number of aryl methyl sites for hydroxylation is 1. The lowest BCUT2D eigenvalue weighted by molar-refractivity contribution is 0.0933. The van der Waals surface area contributed by atoms with Gasteiger partial charge in [-0.1, -0.05) is 45.8 Å². The highest BCUT2D eigenvalue weighted by molar-refractivity contribution is 9.10. The van der Waals surface area contributed by atoms with E-state index in [2.05, 4.69) is 32.1 Å². The Morgan fingerprint density at radius 3 is 2.28 bits per heavy atom. The molecule has 3 N–H and O–H groups in total. The fourth-order valence-corrected chi connectivity index (χ4v) is 3.35. The summed E-state index contributed by atoms with van der Waals surface area (Å²) >= 11 is 3.38. The highest BCUT2D eigenvalue weighted by atomic mass is 79.9. The molecule has 0 aliphatic carbocycles. The van der Waals surface area contributed by atoms with Crippen LogP contribution in [0.15, 0.2) is 65.1 Å². The van der Waals surface area contributed by atoms with Gasteiger partial charge in [0.2, 0.25) is 0 Å². The van der Waals surface area contributed by atoms with E-state index in [1.165, 1.54) is 19.8 Å². The molecular weight excluding hydrogens is 474 g/mol. The van der Waals surface area contributed by atoms with E-state index in [4.69, 9.17) is 9.47 Å². The first kappa shape index (κ1) is 23.3. The van der Waals surface area contributed by atoms with Crippen molar-refractivity contribution in [1.29, 1.82) is 0 Å². The molecule has 0 aromatic heterocycles. The summed E-state index contributed by atoms with van der Waals surface area (Å²) in [5, 5.41) is 2.79. The first-order valence-corrected chi connectivity index (χ1v) is 10.6. The Bertz CT molecular complexity index is 1120. The second kappa shape index (κ2) is 10.8.